The van der Waals surface area contributed by atoms with Gasteiger partial charge in [-0.15, -0.1) is 0 Å². The number of nitrogen functional groups attached to an aromatic ring is 1. The Hall–Kier alpha value is -0.540. The molecule has 1 aromatic carbocycles. The smallest absolute Gasteiger partial charge is 0.0443 e. The van der Waals surface area contributed by atoms with E-state index < -0.39 is 0 Å². The van der Waals surface area contributed by atoms with E-state index >= 15 is 0 Å². The molecule has 0 aliphatic heterocycles. The Morgan fingerprint density at radius 2 is 2.00 bits per heavy atom. The molecule has 0 aromatic heterocycles. The molecule has 0 atom stereocenters. The molecule has 1 aromatic rings. The van der Waals surface area contributed by atoms with Gasteiger partial charge in [0.05, 0.1) is 0 Å². The van der Waals surface area contributed by atoms with Gasteiger partial charge in [-0.05, 0) is 25.0 Å². The van der Waals surface area contributed by atoms with E-state index in [0.717, 1.165) is 28.6 Å². The van der Waals surface area contributed by atoms with Crippen molar-refractivity contribution in [1.82, 2.24) is 0 Å². The average Bonchev–Trinajstić information content (AvgIpc) is 2.68. The molecule has 4 N–H and O–H groups in total. The maximum atomic E-state index is 6.06. The van der Waals surface area contributed by atoms with Crippen LogP contribution in [-0.2, 0) is 5.54 Å². The standard InChI is InChI=1S/C9H11BrN2/c10-6-2-1-3-7(11)8(6)9(12)4-5-9/h1-3H,4-5,11-12H2. The van der Waals surface area contributed by atoms with Gasteiger partial charge in [0.25, 0.3) is 0 Å². The van der Waals surface area contributed by atoms with E-state index in [-0.39, 0.29) is 5.54 Å². The van der Waals surface area contributed by atoms with Crippen LogP contribution in [-0.4, -0.2) is 0 Å². The average molecular weight is 227 g/mol. The van der Waals surface area contributed by atoms with Crippen molar-refractivity contribution in [2.24, 2.45) is 5.73 Å². The lowest BCUT2D eigenvalue weighted by atomic mass is 10.0. The molecular weight excluding hydrogens is 216 g/mol. The Bertz CT molecular complexity index is 298. The second-order valence-electron chi connectivity index (χ2n) is 3.36. The van der Waals surface area contributed by atoms with Crippen LogP contribution < -0.4 is 11.5 Å². The van der Waals surface area contributed by atoms with Crippen LogP contribution in [0.3, 0.4) is 0 Å². The van der Waals surface area contributed by atoms with Crippen molar-refractivity contribution in [3.63, 3.8) is 0 Å². The second kappa shape index (κ2) is 2.47. The largest absolute Gasteiger partial charge is 0.398 e. The summed E-state index contributed by atoms with van der Waals surface area (Å²) in [4.78, 5) is 0. The van der Waals surface area contributed by atoms with Gasteiger partial charge in [-0.2, -0.15) is 0 Å². The highest BCUT2D eigenvalue weighted by Gasteiger charge is 2.42. The SMILES string of the molecule is Nc1cccc(Br)c1C1(N)CC1. The fraction of sp³-hybridized carbons (Fsp3) is 0.333. The predicted octanol–water partition coefficient (Wildman–Crippen LogP) is 1.98. The second-order valence-corrected chi connectivity index (χ2v) is 4.21. The zero-order valence-corrected chi connectivity index (χ0v) is 8.26. The number of anilines is 1. The lowest BCUT2D eigenvalue weighted by Gasteiger charge is -2.13. The third-order valence-electron chi connectivity index (χ3n) is 2.33. The maximum Gasteiger partial charge on any atom is 0.0443 e. The molecule has 1 aliphatic carbocycles. The molecule has 0 bridgehead atoms. The minimum atomic E-state index is -0.149. The van der Waals surface area contributed by atoms with Crippen molar-refractivity contribution >= 4 is 21.6 Å². The van der Waals surface area contributed by atoms with Crippen molar-refractivity contribution < 1.29 is 0 Å². The van der Waals surface area contributed by atoms with E-state index in [9.17, 15) is 0 Å². The van der Waals surface area contributed by atoms with Crippen LogP contribution in [0.25, 0.3) is 0 Å². The first kappa shape index (κ1) is 8.08. The maximum absolute atomic E-state index is 6.06. The van der Waals surface area contributed by atoms with E-state index in [1.165, 1.54) is 0 Å². The summed E-state index contributed by atoms with van der Waals surface area (Å²) in [6.45, 7) is 0. The van der Waals surface area contributed by atoms with Gasteiger partial charge >= 0.3 is 0 Å². The zero-order valence-electron chi connectivity index (χ0n) is 6.68. The first-order chi connectivity index (χ1) is 5.63. The Kier molecular flexibility index (Phi) is 1.66. The summed E-state index contributed by atoms with van der Waals surface area (Å²) in [6, 6.07) is 5.81. The van der Waals surface area contributed by atoms with Crippen molar-refractivity contribution in [2.45, 2.75) is 18.4 Å². The predicted molar refractivity (Wildman–Crippen MR) is 53.7 cm³/mol. The highest BCUT2D eigenvalue weighted by molar-refractivity contribution is 9.10. The van der Waals surface area contributed by atoms with E-state index in [0.29, 0.717) is 0 Å². The quantitative estimate of drug-likeness (QED) is 0.720. The lowest BCUT2D eigenvalue weighted by Crippen LogP contribution is -2.20. The Labute approximate surface area is 80.1 Å². The Morgan fingerprint density at radius 3 is 2.50 bits per heavy atom. The number of rotatable bonds is 1. The number of benzene rings is 1. The van der Waals surface area contributed by atoms with Crippen LogP contribution in [0, 0.1) is 0 Å². The summed E-state index contributed by atoms with van der Waals surface area (Å²) in [5.41, 5.74) is 13.6. The summed E-state index contributed by atoms with van der Waals surface area (Å²) in [7, 11) is 0. The number of nitrogens with two attached hydrogens (primary N) is 2. The molecule has 0 radical (unpaired) electrons. The molecule has 1 saturated carbocycles. The third-order valence-corrected chi connectivity index (χ3v) is 2.99. The van der Waals surface area contributed by atoms with Gasteiger partial charge in [-0.25, -0.2) is 0 Å². The summed E-state index contributed by atoms with van der Waals surface area (Å²) >= 11 is 3.46. The third kappa shape index (κ3) is 1.13. The highest BCUT2D eigenvalue weighted by atomic mass is 79.9. The first-order valence-corrected chi connectivity index (χ1v) is 4.76. The molecule has 1 fully saturated rings. The van der Waals surface area contributed by atoms with Crippen LogP contribution in [0.5, 0.6) is 0 Å². The molecule has 2 rings (SSSR count). The first-order valence-electron chi connectivity index (χ1n) is 3.97. The molecule has 0 unspecified atom stereocenters. The van der Waals surface area contributed by atoms with Gasteiger partial charge in [0, 0.05) is 21.3 Å². The van der Waals surface area contributed by atoms with Gasteiger partial charge < -0.3 is 11.5 Å². The van der Waals surface area contributed by atoms with E-state index in [1.807, 2.05) is 18.2 Å². The van der Waals surface area contributed by atoms with Gasteiger partial charge in [0.1, 0.15) is 0 Å². The van der Waals surface area contributed by atoms with Crippen LogP contribution >= 0.6 is 15.9 Å². The van der Waals surface area contributed by atoms with Gasteiger partial charge in [-0.1, -0.05) is 22.0 Å². The normalized spacial score (nSPS) is 19.2. The summed E-state index contributed by atoms with van der Waals surface area (Å²) in [5.74, 6) is 0. The minimum Gasteiger partial charge on any atom is -0.398 e. The van der Waals surface area contributed by atoms with E-state index in [2.05, 4.69) is 15.9 Å². The van der Waals surface area contributed by atoms with E-state index in [1.54, 1.807) is 0 Å². The fourth-order valence-corrected chi connectivity index (χ4v) is 2.23. The van der Waals surface area contributed by atoms with Gasteiger partial charge in [0.15, 0.2) is 0 Å². The number of hydrogen-bond donors (Lipinski definition) is 2. The molecule has 3 heteroatoms. The van der Waals surface area contributed by atoms with Crippen molar-refractivity contribution in [3.05, 3.63) is 28.2 Å². The van der Waals surface area contributed by atoms with Crippen molar-refractivity contribution in [1.29, 1.82) is 0 Å². The summed E-state index contributed by atoms with van der Waals surface area (Å²) in [5, 5.41) is 0. The molecule has 0 heterocycles. The molecule has 0 saturated heterocycles. The number of halogens is 1. The molecule has 1 aliphatic rings. The van der Waals surface area contributed by atoms with Crippen LogP contribution in [0.15, 0.2) is 22.7 Å². The highest BCUT2D eigenvalue weighted by Crippen LogP contribution is 2.47. The van der Waals surface area contributed by atoms with E-state index in [4.69, 9.17) is 11.5 Å². The van der Waals surface area contributed by atoms with Crippen molar-refractivity contribution in [3.8, 4) is 0 Å². The molecular formula is C9H11BrN2. The Morgan fingerprint density at radius 1 is 1.33 bits per heavy atom. The molecule has 12 heavy (non-hydrogen) atoms. The minimum absolute atomic E-state index is 0.149. The molecule has 0 spiro atoms. The molecule has 64 valence electrons. The molecule has 2 nitrogen and oxygen atoms in total. The van der Waals surface area contributed by atoms with Gasteiger partial charge in [-0.3, -0.25) is 0 Å². The Balaban J connectivity index is 2.55. The topological polar surface area (TPSA) is 52.0 Å². The van der Waals surface area contributed by atoms with Crippen LogP contribution in [0.1, 0.15) is 18.4 Å². The monoisotopic (exact) mass is 226 g/mol. The van der Waals surface area contributed by atoms with Gasteiger partial charge in [0.2, 0.25) is 0 Å². The molecule has 0 amide bonds. The fourth-order valence-electron chi connectivity index (χ4n) is 1.45. The summed E-state index contributed by atoms with van der Waals surface area (Å²) < 4.78 is 1.03. The number of hydrogen-bond acceptors (Lipinski definition) is 2. The van der Waals surface area contributed by atoms with Crippen LogP contribution in [0.4, 0.5) is 5.69 Å². The van der Waals surface area contributed by atoms with Crippen LogP contribution in [0.2, 0.25) is 0 Å². The van der Waals surface area contributed by atoms with Crippen molar-refractivity contribution in [2.75, 3.05) is 5.73 Å². The zero-order chi connectivity index (χ0) is 8.77. The lowest BCUT2D eigenvalue weighted by molar-refractivity contribution is 0.739. The summed E-state index contributed by atoms with van der Waals surface area (Å²) in [6.07, 6.45) is 2.08.